The quantitative estimate of drug-likeness (QED) is 0.851. The van der Waals surface area contributed by atoms with Crippen molar-refractivity contribution in [2.45, 2.75) is 18.7 Å². The second-order valence-electron chi connectivity index (χ2n) is 4.34. The number of benzene rings is 1. The van der Waals surface area contributed by atoms with Crippen LogP contribution in [0.1, 0.15) is 9.75 Å². The van der Waals surface area contributed by atoms with E-state index in [2.05, 4.69) is 4.72 Å². The highest BCUT2D eigenvalue weighted by atomic mass is 32.2. The number of nitrogens with one attached hydrogen (secondary N) is 1. The zero-order valence-corrected chi connectivity index (χ0v) is 13.1. The van der Waals surface area contributed by atoms with Gasteiger partial charge >= 0.3 is 0 Å². The summed E-state index contributed by atoms with van der Waals surface area (Å²) in [5.41, 5.74) is 6.45. The van der Waals surface area contributed by atoms with Gasteiger partial charge in [0.15, 0.2) is 0 Å². The van der Waals surface area contributed by atoms with Crippen LogP contribution in [0.2, 0.25) is 0 Å². The minimum atomic E-state index is -3.65. The maximum absolute atomic E-state index is 12.4. The van der Waals surface area contributed by atoms with Crippen LogP contribution in [0, 0.1) is 13.8 Å². The Morgan fingerprint density at radius 2 is 1.95 bits per heavy atom. The largest absolute Gasteiger partial charge is 0.497 e. The van der Waals surface area contributed by atoms with Crippen molar-refractivity contribution < 1.29 is 13.2 Å². The van der Waals surface area contributed by atoms with E-state index in [-0.39, 0.29) is 4.90 Å². The Morgan fingerprint density at radius 1 is 1.25 bits per heavy atom. The van der Waals surface area contributed by atoms with Gasteiger partial charge in [-0.05, 0) is 32.0 Å². The summed E-state index contributed by atoms with van der Waals surface area (Å²) in [7, 11) is -2.14. The zero-order valence-electron chi connectivity index (χ0n) is 11.4. The Labute approximate surface area is 122 Å². The summed E-state index contributed by atoms with van der Waals surface area (Å²) in [5, 5.41) is 0. The normalized spacial score (nSPS) is 11.3. The number of rotatable bonds is 4. The first kappa shape index (κ1) is 14.7. The molecule has 2 aromatic rings. The molecular weight excluding hydrogens is 296 g/mol. The number of nitrogen functional groups attached to an aromatic ring is 1. The van der Waals surface area contributed by atoms with Crippen LogP contribution in [0.4, 0.5) is 11.4 Å². The zero-order chi connectivity index (χ0) is 14.9. The molecule has 0 radical (unpaired) electrons. The van der Waals surface area contributed by atoms with Crippen LogP contribution >= 0.6 is 11.3 Å². The van der Waals surface area contributed by atoms with Crippen molar-refractivity contribution >= 4 is 32.7 Å². The van der Waals surface area contributed by atoms with Gasteiger partial charge in [-0.3, -0.25) is 4.72 Å². The van der Waals surface area contributed by atoms with Gasteiger partial charge in [0.05, 0.1) is 18.5 Å². The summed E-state index contributed by atoms with van der Waals surface area (Å²) >= 11 is 1.44. The van der Waals surface area contributed by atoms with E-state index in [9.17, 15) is 8.42 Å². The number of anilines is 2. The van der Waals surface area contributed by atoms with Gasteiger partial charge in [0.25, 0.3) is 10.0 Å². The molecule has 3 N–H and O–H groups in total. The number of methoxy groups -OCH3 is 1. The molecule has 2 rings (SSSR count). The van der Waals surface area contributed by atoms with E-state index in [1.54, 1.807) is 31.2 Å². The van der Waals surface area contributed by atoms with E-state index < -0.39 is 10.0 Å². The fraction of sp³-hybridized carbons (Fsp3) is 0.231. The lowest BCUT2D eigenvalue weighted by molar-refractivity contribution is 0.415. The first-order valence-electron chi connectivity index (χ1n) is 5.87. The minimum Gasteiger partial charge on any atom is -0.497 e. The third kappa shape index (κ3) is 2.88. The van der Waals surface area contributed by atoms with Gasteiger partial charge < -0.3 is 10.5 Å². The Morgan fingerprint density at radius 3 is 2.50 bits per heavy atom. The highest BCUT2D eigenvalue weighted by Crippen LogP contribution is 2.30. The van der Waals surface area contributed by atoms with Crippen molar-refractivity contribution in [3.63, 3.8) is 0 Å². The third-order valence-corrected chi connectivity index (χ3v) is 5.38. The SMILES string of the molecule is COc1ccc(N)c(NS(=O)(=O)c2cc(C)sc2C)c1. The topological polar surface area (TPSA) is 81.4 Å². The van der Waals surface area contributed by atoms with Gasteiger partial charge in [-0.25, -0.2) is 8.42 Å². The second-order valence-corrected chi connectivity index (χ2v) is 7.45. The first-order valence-corrected chi connectivity index (χ1v) is 8.17. The minimum absolute atomic E-state index is 0.280. The van der Waals surface area contributed by atoms with Crippen LogP contribution in [0.3, 0.4) is 0 Å². The van der Waals surface area contributed by atoms with Crippen LogP contribution in [-0.4, -0.2) is 15.5 Å². The summed E-state index contributed by atoms with van der Waals surface area (Å²) in [4.78, 5) is 1.97. The van der Waals surface area contributed by atoms with E-state index in [0.717, 1.165) is 9.75 Å². The van der Waals surface area contributed by atoms with Crippen LogP contribution in [0.5, 0.6) is 5.75 Å². The summed E-state index contributed by atoms with van der Waals surface area (Å²) < 4.78 is 32.3. The van der Waals surface area contributed by atoms with Crippen LogP contribution in [-0.2, 0) is 10.0 Å². The number of hydrogen-bond acceptors (Lipinski definition) is 5. The molecule has 1 aromatic heterocycles. The highest BCUT2D eigenvalue weighted by Gasteiger charge is 2.20. The standard InChI is InChI=1S/C13H16N2O3S2/c1-8-6-13(9(2)19-8)20(16,17)15-12-7-10(18-3)4-5-11(12)14/h4-7,15H,14H2,1-3H3. The molecule has 0 fully saturated rings. The average molecular weight is 312 g/mol. The van der Waals surface area contributed by atoms with Gasteiger partial charge in [-0.1, -0.05) is 0 Å². The molecule has 1 heterocycles. The molecular formula is C13H16N2O3S2. The molecule has 0 spiro atoms. The fourth-order valence-corrected chi connectivity index (χ4v) is 4.46. The van der Waals surface area contributed by atoms with Crippen molar-refractivity contribution in [2.24, 2.45) is 0 Å². The smallest absolute Gasteiger partial charge is 0.263 e. The molecule has 0 unspecified atom stereocenters. The number of thiophene rings is 1. The lowest BCUT2D eigenvalue weighted by Crippen LogP contribution is -2.14. The van der Waals surface area contributed by atoms with E-state index in [1.165, 1.54) is 18.4 Å². The molecule has 7 heteroatoms. The monoisotopic (exact) mass is 312 g/mol. The van der Waals surface area contributed by atoms with Gasteiger partial charge in [0.2, 0.25) is 0 Å². The maximum Gasteiger partial charge on any atom is 0.263 e. The van der Waals surface area contributed by atoms with Crippen molar-refractivity contribution in [1.29, 1.82) is 0 Å². The predicted molar refractivity (Wildman–Crippen MR) is 82.0 cm³/mol. The third-order valence-electron chi connectivity index (χ3n) is 2.79. The summed E-state index contributed by atoms with van der Waals surface area (Å²) in [6, 6.07) is 6.48. The number of aryl methyl sites for hydroxylation is 2. The number of sulfonamides is 1. The van der Waals surface area contributed by atoms with Gasteiger partial charge in [-0.15, -0.1) is 11.3 Å². The molecule has 0 saturated heterocycles. The molecule has 0 bridgehead atoms. The number of ether oxygens (including phenoxy) is 1. The molecule has 20 heavy (non-hydrogen) atoms. The lowest BCUT2D eigenvalue weighted by Gasteiger charge is -2.11. The lowest BCUT2D eigenvalue weighted by atomic mass is 10.2. The van der Waals surface area contributed by atoms with Gasteiger partial charge in [-0.2, -0.15) is 0 Å². The van der Waals surface area contributed by atoms with Crippen LogP contribution in [0.25, 0.3) is 0 Å². The Kier molecular flexibility index (Phi) is 3.92. The number of hydrogen-bond donors (Lipinski definition) is 2. The first-order chi connectivity index (χ1) is 9.33. The van der Waals surface area contributed by atoms with E-state index in [4.69, 9.17) is 10.5 Å². The maximum atomic E-state index is 12.4. The van der Waals surface area contributed by atoms with E-state index in [0.29, 0.717) is 17.1 Å². The molecule has 0 aliphatic heterocycles. The molecule has 0 aliphatic carbocycles. The van der Waals surface area contributed by atoms with Gasteiger partial charge in [0.1, 0.15) is 10.6 Å². The van der Waals surface area contributed by atoms with Crippen molar-refractivity contribution in [1.82, 2.24) is 0 Å². The molecule has 0 amide bonds. The molecule has 5 nitrogen and oxygen atoms in total. The van der Waals surface area contributed by atoms with Crippen molar-refractivity contribution in [2.75, 3.05) is 17.6 Å². The predicted octanol–water partition coefficient (Wildman–Crippen LogP) is 2.76. The Bertz CT molecular complexity index is 736. The molecule has 108 valence electrons. The summed E-state index contributed by atoms with van der Waals surface area (Å²) in [6.45, 7) is 3.65. The van der Waals surface area contributed by atoms with E-state index in [1.807, 2.05) is 6.92 Å². The Hall–Kier alpha value is -1.73. The Balaban J connectivity index is 2.40. The number of nitrogens with two attached hydrogens (primary N) is 1. The highest BCUT2D eigenvalue weighted by molar-refractivity contribution is 7.93. The molecule has 0 atom stereocenters. The van der Waals surface area contributed by atoms with Crippen molar-refractivity contribution in [3.8, 4) is 5.75 Å². The molecule has 0 aliphatic rings. The molecule has 0 saturated carbocycles. The van der Waals surface area contributed by atoms with Gasteiger partial charge in [0, 0.05) is 15.8 Å². The molecule has 1 aromatic carbocycles. The van der Waals surface area contributed by atoms with Crippen molar-refractivity contribution in [3.05, 3.63) is 34.0 Å². The summed E-state index contributed by atoms with van der Waals surface area (Å²) in [5.74, 6) is 0.537. The second kappa shape index (κ2) is 5.34. The average Bonchev–Trinajstić information content (AvgIpc) is 2.72. The van der Waals surface area contributed by atoms with Crippen LogP contribution < -0.4 is 15.2 Å². The fourth-order valence-electron chi connectivity index (χ4n) is 1.82. The van der Waals surface area contributed by atoms with Crippen LogP contribution in [0.15, 0.2) is 29.2 Å². The summed E-state index contributed by atoms with van der Waals surface area (Å²) in [6.07, 6.45) is 0. The van der Waals surface area contributed by atoms with E-state index >= 15 is 0 Å².